The molecular formula is C22H23N3O4. The van der Waals surface area contributed by atoms with Gasteiger partial charge in [-0.05, 0) is 63.2 Å². The second kappa shape index (κ2) is 9.05. The van der Waals surface area contributed by atoms with Crippen molar-refractivity contribution in [2.24, 2.45) is 0 Å². The molecule has 1 N–H and O–H groups in total. The first-order chi connectivity index (χ1) is 14.0. The van der Waals surface area contributed by atoms with Crippen LogP contribution in [-0.2, 0) is 9.53 Å². The highest BCUT2D eigenvalue weighted by molar-refractivity contribution is 5.98. The van der Waals surface area contributed by atoms with Crippen molar-refractivity contribution in [3.05, 3.63) is 72.1 Å². The molecule has 3 aromatic rings. The van der Waals surface area contributed by atoms with Crippen molar-refractivity contribution >= 4 is 17.6 Å². The highest BCUT2D eigenvalue weighted by atomic mass is 16.5. The van der Waals surface area contributed by atoms with Gasteiger partial charge < -0.3 is 14.8 Å². The minimum Gasteiger partial charge on any atom is -0.492 e. The highest BCUT2D eigenvalue weighted by Gasteiger charge is 2.20. The van der Waals surface area contributed by atoms with Crippen LogP contribution in [0.15, 0.2) is 60.8 Å². The monoisotopic (exact) mass is 393 g/mol. The Morgan fingerprint density at radius 1 is 1.10 bits per heavy atom. The quantitative estimate of drug-likeness (QED) is 0.618. The van der Waals surface area contributed by atoms with Gasteiger partial charge in [0.1, 0.15) is 5.75 Å². The van der Waals surface area contributed by atoms with Gasteiger partial charge in [-0.15, -0.1) is 0 Å². The molecule has 0 saturated carbocycles. The molecule has 150 valence electrons. The number of amides is 1. The predicted molar refractivity (Wildman–Crippen MR) is 109 cm³/mol. The number of carbonyl (C=O) groups is 2. The van der Waals surface area contributed by atoms with E-state index in [0.717, 1.165) is 11.4 Å². The molecule has 0 fully saturated rings. The highest BCUT2D eigenvalue weighted by Crippen LogP contribution is 2.24. The summed E-state index contributed by atoms with van der Waals surface area (Å²) in [7, 11) is 0. The summed E-state index contributed by atoms with van der Waals surface area (Å²) in [6.07, 6.45) is 0.742. The molecular weight excluding hydrogens is 370 g/mol. The SMILES string of the molecule is CCOc1ccccc1NC(=O)[C@H](C)OC(=O)c1ccc(-n2nccc2C)cc1. The molecule has 7 heteroatoms. The van der Waals surface area contributed by atoms with Gasteiger partial charge in [-0.2, -0.15) is 5.10 Å². The van der Waals surface area contributed by atoms with Gasteiger partial charge in [0.2, 0.25) is 0 Å². The van der Waals surface area contributed by atoms with E-state index in [1.807, 2.05) is 26.0 Å². The number of para-hydroxylation sites is 2. The number of esters is 1. The summed E-state index contributed by atoms with van der Waals surface area (Å²) in [5.74, 6) is -0.449. The van der Waals surface area contributed by atoms with E-state index >= 15 is 0 Å². The van der Waals surface area contributed by atoms with Crippen LogP contribution in [0.5, 0.6) is 5.75 Å². The number of ether oxygens (including phenoxy) is 2. The molecule has 1 aromatic heterocycles. The largest absolute Gasteiger partial charge is 0.492 e. The zero-order chi connectivity index (χ0) is 20.8. The Morgan fingerprint density at radius 2 is 1.83 bits per heavy atom. The third kappa shape index (κ3) is 4.82. The van der Waals surface area contributed by atoms with Gasteiger partial charge in [0, 0.05) is 11.9 Å². The molecule has 0 aliphatic rings. The van der Waals surface area contributed by atoms with Crippen molar-refractivity contribution in [1.82, 2.24) is 9.78 Å². The van der Waals surface area contributed by atoms with Crippen molar-refractivity contribution in [3.63, 3.8) is 0 Å². The number of carbonyl (C=O) groups excluding carboxylic acids is 2. The van der Waals surface area contributed by atoms with E-state index in [1.54, 1.807) is 53.3 Å². The third-order valence-electron chi connectivity index (χ3n) is 4.28. The molecule has 0 bridgehead atoms. The molecule has 0 radical (unpaired) electrons. The van der Waals surface area contributed by atoms with Gasteiger partial charge in [0.25, 0.3) is 5.91 Å². The molecule has 0 aliphatic carbocycles. The van der Waals surface area contributed by atoms with E-state index in [2.05, 4.69) is 10.4 Å². The molecule has 1 heterocycles. The standard InChI is InChI=1S/C22H23N3O4/c1-4-28-20-8-6-5-7-19(20)24-21(26)16(3)29-22(27)17-9-11-18(12-10-17)25-15(2)13-14-23-25/h5-14,16H,4H2,1-3H3,(H,24,26)/t16-/m0/s1. The number of nitrogens with zero attached hydrogens (tertiary/aromatic N) is 2. The van der Waals surface area contributed by atoms with Crippen LogP contribution >= 0.6 is 0 Å². The molecule has 29 heavy (non-hydrogen) atoms. The summed E-state index contributed by atoms with van der Waals surface area (Å²) in [6, 6.07) is 15.8. The maximum absolute atomic E-state index is 12.4. The van der Waals surface area contributed by atoms with E-state index in [0.29, 0.717) is 23.6 Å². The average Bonchev–Trinajstić information content (AvgIpc) is 3.15. The maximum Gasteiger partial charge on any atom is 0.338 e. The minimum absolute atomic E-state index is 0.355. The van der Waals surface area contributed by atoms with Gasteiger partial charge in [-0.25, -0.2) is 9.48 Å². The second-order valence-electron chi connectivity index (χ2n) is 6.40. The van der Waals surface area contributed by atoms with Crippen molar-refractivity contribution in [3.8, 4) is 11.4 Å². The molecule has 1 atom stereocenters. The number of anilines is 1. The summed E-state index contributed by atoms with van der Waals surface area (Å²) in [5.41, 5.74) is 2.70. The Hall–Kier alpha value is -3.61. The third-order valence-corrected chi connectivity index (χ3v) is 4.28. The van der Waals surface area contributed by atoms with Gasteiger partial charge in [0.05, 0.1) is 23.5 Å². The number of aryl methyl sites for hydroxylation is 1. The van der Waals surface area contributed by atoms with Crippen LogP contribution in [0.2, 0.25) is 0 Å². The molecule has 0 unspecified atom stereocenters. The summed E-state index contributed by atoms with van der Waals surface area (Å²) in [5, 5.41) is 6.96. The summed E-state index contributed by atoms with van der Waals surface area (Å²) in [6.45, 7) is 5.81. The van der Waals surface area contributed by atoms with Crippen LogP contribution < -0.4 is 10.1 Å². The summed E-state index contributed by atoms with van der Waals surface area (Å²) >= 11 is 0. The van der Waals surface area contributed by atoms with Crippen molar-refractivity contribution in [2.45, 2.75) is 26.9 Å². The fourth-order valence-electron chi connectivity index (χ4n) is 2.75. The first-order valence-corrected chi connectivity index (χ1v) is 9.34. The van der Waals surface area contributed by atoms with Crippen LogP contribution in [0.1, 0.15) is 29.9 Å². The first kappa shape index (κ1) is 20.1. The van der Waals surface area contributed by atoms with Gasteiger partial charge in [-0.1, -0.05) is 12.1 Å². The number of benzene rings is 2. The van der Waals surface area contributed by atoms with Gasteiger partial charge in [0.15, 0.2) is 6.10 Å². The number of aromatic nitrogens is 2. The number of rotatable bonds is 7. The molecule has 0 spiro atoms. The van der Waals surface area contributed by atoms with Crippen LogP contribution in [0.4, 0.5) is 5.69 Å². The van der Waals surface area contributed by atoms with E-state index in [4.69, 9.17) is 9.47 Å². The van der Waals surface area contributed by atoms with Crippen LogP contribution in [0.3, 0.4) is 0 Å². The first-order valence-electron chi connectivity index (χ1n) is 9.34. The molecule has 3 rings (SSSR count). The lowest BCUT2D eigenvalue weighted by atomic mass is 10.2. The molecule has 0 aliphatic heterocycles. The lowest BCUT2D eigenvalue weighted by Gasteiger charge is -2.15. The van der Waals surface area contributed by atoms with Crippen LogP contribution in [-0.4, -0.2) is 34.4 Å². The lowest BCUT2D eigenvalue weighted by molar-refractivity contribution is -0.123. The van der Waals surface area contributed by atoms with E-state index in [-0.39, 0.29) is 0 Å². The van der Waals surface area contributed by atoms with Crippen LogP contribution in [0.25, 0.3) is 5.69 Å². The molecule has 2 aromatic carbocycles. The number of hydrogen-bond donors (Lipinski definition) is 1. The Bertz CT molecular complexity index is 995. The fraction of sp³-hybridized carbons (Fsp3) is 0.227. The van der Waals surface area contributed by atoms with Gasteiger partial charge >= 0.3 is 5.97 Å². The van der Waals surface area contributed by atoms with Crippen LogP contribution in [0, 0.1) is 6.92 Å². The Morgan fingerprint density at radius 3 is 2.48 bits per heavy atom. The smallest absolute Gasteiger partial charge is 0.338 e. The molecule has 1 amide bonds. The van der Waals surface area contributed by atoms with Gasteiger partial charge in [-0.3, -0.25) is 4.79 Å². The van der Waals surface area contributed by atoms with E-state index in [1.165, 1.54) is 6.92 Å². The molecule has 7 nitrogen and oxygen atoms in total. The minimum atomic E-state index is -0.967. The predicted octanol–water partition coefficient (Wildman–Crippen LogP) is 3.76. The lowest BCUT2D eigenvalue weighted by Crippen LogP contribution is -2.30. The summed E-state index contributed by atoms with van der Waals surface area (Å²) < 4.78 is 12.6. The van der Waals surface area contributed by atoms with Crippen molar-refractivity contribution in [2.75, 3.05) is 11.9 Å². The van der Waals surface area contributed by atoms with E-state index in [9.17, 15) is 9.59 Å². The Balaban J connectivity index is 1.63. The summed E-state index contributed by atoms with van der Waals surface area (Å²) in [4.78, 5) is 24.8. The second-order valence-corrected chi connectivity index (χ2v) is 6.40. The Kier molecular flexibility index (Phi) is 6.29. The van der Waals surface area contributed by atoms with Crippen molar-refractivity contribution < 1.29 is 19.1 Å². The zero-order valence-corrected chi connectivity index (χ0v) is 16.6. The average molecular weight is 393 g/mol. The maximum atomic E-state index is 12.4. The fourth-order valence-corrected chi connectivity index (χ4v) is 2.75. The molecule has 0 saturated heterocycles. The van der Waals surface area contributed by atoms with Crippen molar-refractivity contribution in [1.29, 1.82) is 0 Å². The normalized spacial score (nSPS) is 11.6. The number of nitrogens with one attached hydrogen (secondary N) is 1. The topological polar surface area (TPSA) is 82.5 Å². The van der Waals surface area contributed by atoms with E-state index < -0.39 is 18.0 Å². The zero-order valence-electron chi connectivity index (χ0n) is 16.6. The Labute approximate surface area is 169 Å². The number of hydrogen-bond acceptors (Lipinski definition) is 5.